The highest BCUT2D eigenvalue weighted by Crippen LogP contribution is 2.58. The Bertz CT molecular complexity index is 3010. The molecule has 2 N–H and O–H groups in total. The van der Waals surface area contributed by atoms with Crippen LogP contribution in [0, 0.1) is 83.1 Å². The van der Waals surface area contributed by atoms with Gasteiger partial charge in [-0.25, -0.2) is 5.32 Å². The van der Waals surface area contributed by atoms with Gasteiger partial charge in [0.05, 0.1) is 27.8 Å². The van der Waals surface area contributed by atoms with Crippen molar-refractivity contribution in [1.82, 2.24) is 9.88 Å². The van der Waals surface area contributed by atoms with E-state index in [0.29, 0.717) is 0 Å². The zero-order valence-corrected chi connectivity index (χ0v) is 32.6. The number of aromatic nitrogens is 1. The van der Waals surface area contributed by atoms with E-state index in [1.54, 1.807) is 0 Å². The number of nitrogens with one attached hydrogen (secondary N) is 2. The number of hydrogen-bond donors (Lipinski definition) is 2. The molecule has 53 heavy (non-hydrogen) atoms. The average molecular weight is 696 g/mol. The van der Waals surface area contributed by atoms with Gasteiger partial charge < -0.3 is 5.32 Å². The van der Waals surface area contributed by atoms with Crippen molar-refractivity contribution >= 4 is 51.6 Å². The van der Waals surface area contributed by atoms with Crippen molar-refractivity contribution in [2.75, 3.05) is 5.32 Å². The van der Waals surface area contributed by atoms with Gasteiger partial charge >= 0.3 is 17.6 Å². The van der Waals surface area contributed by atoms with Gasteiger partial charge in [-0.3, -0.25) is 0 Å². The van der Waals surface area contributed by atoms with Crippen molar-refractivity contribution in [2.45, 2.75) is 95.2 Å². The summed E-state index contributed by atoms with van der Waals surface area (Å²) in [6, 6.07) is 9.42. The minimum atomic E-state index is -0.908. The molecule has 0 saturated heterocycles. The molecule has 8 nitrogen and oxygen atoms in total. The summed E-state index contributed by atoms with van der Waals surface area (Å²) in [7, 11) is 0. The molecule has 0 radical (unpaired) electrons. The normalized spacial score (nSPS) is 21.4. The summed E-state index contributed by atoms with van der Waals surface area (Å²) in [5, 5.41) is 10.8. The smallest absolute Gasteiger partial charge is 0.328 e. The van der Waals surface area contributed by atoms with Crippen molar-refractivity contribution in [3.8, 4) is 0 Å². The first-order chi connectivity index (χ1) is 25.3. The molecule has 5 aromatic rings. The molecule has 2 atom stereocenters. The summed E-state index contributed by atoms with van der Waals surface area (Å²) in [6.45, 7) is 27.2. The third-order valence-electron chi connectivity index (χ3n) is 14.1. The first kappa shape index (κ1) is 29.9. The lowest BCUT2D eigenvalue weighted by Crippen LogP contribution is -2.73. The highest BCUT2D eigenvalue weighted by molar-refractivity contribution is 6.28. The number of amidine groups is 5. The maximum Gasteiger partial charge on any atom is 0.464 e. The number of rotatable bonds is 0. The number of aliphatic imine (C=N–C) groups is 2. The van der Waals surface area contributed by atoms with E-state index in [-0.39, 0.29) is 6.17 Å². The van der Waals surface area contributed by atoms with Gasteiger partial charge in [0, 0.05) is 16.3 Å². The van der Waals surface area contributed by atoms with Crippen molar-refractivity contribution in [1.29, 1.82) is 0 Å². The molecule has 4 aromatic carbocycles. The average Bonchev–Trinajstić information content (AvgIpc) is 3.83. The summed E-state index contributed by atoms with van der Waals surface area (Å²) in [5.74, 6) is 6.44. The zero-order valence-electron chi connectivity index (χ0n) is 32.6. The van der Waals surface area contributed by atoms with Crippen LogP contribution in [0.5, 0.6) is 0 Å². The molecule has 0 aliphatic carbocycles. The number of hydrogen-bond acceptors (Lipinski definition) is 4. The summed E-state index contributed by atoms with van der Waals surface area (Å²) in [5.41, 5.74) is 22.9. The van der Waals surface area contributed by atoms with Crippen LogP contribution in [0.1, 0.15) is 106 Å². The third-order valence-corrected chi connectivity index (χ3v) is 14.1. The zero-order chi connectivity index (χ0) is 36.6. The number of aryl methyl sites for hydroxylation is 9. The molecular weight excluding hydrogens is 653 g/mol. The molecule has 0 saturated carbocycles. The lowest BCUT2D eigenvalue weighted by molar-refractivity contribution is -0.998. The van der Waals surface area contributed by atoms with Crippen molar-refractivity contribution < 1.29 is 13.7 Å². The standard InChI is InChI=1S/C45H41N8/c1-17-13-21(5)29-33(25(17)9)41-47-39-31-23(7)15-18(2)26(10)34(31)42-48-40-32-24(8)16-20(4)28(12)36(32)44-49-43-35-27(11)19(3)14-22(6)30(35)38-46-37(29)50(41)45(51(38)43,52(39)42)53(40)44/h13-16,39H,1-12H3/q+1/p+2. The topological polar surface area (TPSA) is 62.7 Å². The number of fused-ring (bicyclic) bond motifs is 12. The van der Waals surface area contributed by atoms with Crippen LogP contribution in [0.2, 0.25) is 0 Å². The van der Waals surface area contributed by atoms with Crippen LogP contribution >= 0.6 is 0 Å². The Morgan fingerprint density at radius 1 is 0.547 bits per heavy atom. The molecule has 0 amide bonds. The van der Waals surface area contributed by atoms with Gasteiger partial charge in [-0.1, -0.05) is 29.3 Å². The maximum absolute atomic E-state index is 5.85. The fourth-order valence-corrected chi connectivity index (χ4v) is 11.3. The van der Waals surface area contributed by atoms with Crippen LogP contribution < -0.4 is 10.6 Å². The summed E-state index contributed by atoms with van der Waals surface area (Å²) < 4.78 is 10.3. The van der Waals surface area contributed by atoms with Crippen molar-refractivity contribution in [3.63, 3.8) is 0 Å². The molecule has 7 aliphatic heterocycles. The van der Waals surface area contributed by atoms with Gasteiger partial charge in [0.2, 0.25) is 23.7 Å². The van der Waals surface area contributed by atoms with Gasteiger partial charge in [0.15, 0.2) is 0 Å². The summed E-state index contributed by atoms with van der Waals surface area (Å²) in [6.07, 6.45) is -0.163. The molecule has 8 heterocycles. The SMILES string of the molecule is Cc1cc(C)c2c(c1C)C1=[N+]3C2=NC2=[N+]4C(Nc5c6c(C)c(C)cc(C)c6c6n5C34[N+]3=C(N1)c1c(C)c(C)cc(C)c1C3=N6)c1c(C)cc(C)c(C)c12. The number of benzene rings is 4. The van der Waals surface area contributed by atoms with E-state index in [2.05, 4.69) is 136 Å². The van der Waals surface area contributed by atoms with E-state index in [9.17, 15) is 0 Å². The van der Waals surface area contributed by atoms with E-state index >= 15 is 0 Å². The molecule has 8 heteroatoms. The molecule has 0 fully saturated rings. The fourth-order valence-electron chi connectivity index (χ4n) is 11.3. The summed E-state index contributed by atoms with van der Waals surface area (Å²) in [4.78, 5) is 11.7. The fraction of sp³-hybridized carbons (Fsp3) is 0.311. The van der Waals surface area contributed by atoms with Crippen molar-refractivity contribution in [3.05, 3.63) is 124 Å². The molecule has 1 spiro atoms. The molecule has 12 rings (SSSR count). The Morgan fingerprint density at radius 3 is 1.66 bits per heavy atom. The highest BCUT2D eigenvalue weighted by atomic mass is 15.7. The molecule has 0 bridgehead atoms. The second-order valence-corrected chi connectivity index (χ2v) is 16.8. The Hall–Kier alpha value is -5.63. The van der Waals surface area contributed by atoms with Crippen LogP contribution in [0.4, 0.5) is 11.6 Å². The largest absolute Gasteiger partial charge is 0.464 e. The Balaban J connectivity index is 1.39. The van der Waals surface area contributed by atoms with E-state index in [4.69, 9.17) is 9.98 Å². The maximum atomic E-state index is 5.85. The van der Waals surface area contributed by atoms with E-state index in [0.717, 1.165) is 40.8 Å². The lowest BCUT2D eigenvalue weighted by atomic mass is 9.92. The van der Waals surface area contributed by atoms with Gasteiger partial charge in [-0.05, 0) is 155 Å². The van der Waals surface area contributed by atoms with Gasteiger partial charge in [0.25, 0.3) is 5.84 Å². The molecule has 260 valence electrons. The molecule has 1 aromatic heterocycles. The first-order valence-electron chi connectivity index (χ1n) is 19.0. The van der Waals surface area contributed by atoms with Crippen LogP contribution in [-0.2, 0) is 5.91 Å². The lowest BCUT2D eigenvalue weighted by Gasteiger charge is -2.44. The van der Waals surface area contributed by atoms with Crippen LogP contribution in [0.3, 0.4) is 0 Å². The van der Waals surface area contributed by atoms with Crippen LogP contribution in [-0.4, -0.2) is 47.5 Å². The number of nitrogens with zero attached hydrogens (tertiary/aromatic N) is 6. The minimum Gasteiger partial charge on any atom is -0.328 e. The monoisotopic (exact) mass is 695 g/mol. The quantitative estimate of drug-likeness (QED) is 0.165. The van der Waals surface area contributed by atoms with Crippen LogP contribution in [0.25, 0.3) is 10.8 Å². The van der Waals surface area contributed by atoms with Gasteiger partial charge in [-0.15, -0.1) is 13.7 Å². The molecular formula is C45H43N8+3. The van der Waals surface area contributed by atoms with E-state index < -0.39 is 5.91 Å². The van der Waals surface area contributed by atoms with Gasteiger partial charge in [-0.2, -0.15) is 4.57 Å². The Morgan fingerprint density at radius 2 is 1.06 bits per heavy atom. The van der Waals surface area contributed by atoms with Crippen LogP contribution in [0.15, 0.2) is 34.3 Å². The second kappa shape index (κ2) is 8.76. The number of anilines is 1. The Kier molecular flexibility index (Phi) is 4.94. The highest BCUT2D eigenvalue weighted by Gasteiger charge is 2.76. The van der Waals surface area contributed by atoms with Crippen molar-refractivity contribution in [2.24, 2.45) is 9.98 Å². The van der Waals surface area contributed by atoms with E-state index in [1.807, 2.05) is 0 Å². The second-order valence-electron chi connectivity index (χ2n) is 16.8. The van der Waals surface area contributed by atoms with Gasteiger partial charge in [0.1, 0.15) is 5.82 Å². The predicted octanol–water partition coefficient (Wildman–Crippen LogP) is 7.51. The predicted molar refractivity (Wildman–Crippen MR) is 211 cm³/mol. The molecule has 7 aliphatic rings. The van der Waals surface area contributed by atoms with E-state index in [1.165, 1.54) is 111 Å². The first-order valence-corrected chi connectivity index (χ1v) is 19.0. The molecule has 2 unspecified atom stereocenters. The Labute approximate surface area is 309 Å². The minimum absolute atomic E-state index is 0.163. The third kappa shape index (κ3) is 2.87. The summed E-state index contributed by atoms with van der Waals surface area (Å²) >= 11 is 0.